The predicted molar refractivity (Wildman–Crippen MR) is 67.4 cm³/mol. The summed E-state index contributed by atoms with van der Waals surface area (Å²) >= 11 is 5.71. The summed E-state index contributed by atoms with van der Waals surface area (Å²) in [6.45, 7) is 0. The molecule has 0 saturated carbocycles. The molecule has 6 nitrogen and oxygen atoms in total. The van der Waals surface area contributed by atoms with Gasteiger partial charge in [0.25, 0.3) is 10.2 Å². The summed E-state index contributed by atoms with van der Waals surface area (Å²) in [5.74, 6) is -1.11. The molecule has 100 valence electrons. The molecule has 0 aliphatic carbocycles. The van der Waals surface area contributed by atoms with Crippen molar-refractivity contribution in [1.82, 2.24) is 4.72 Å². The summed E-state index contributed by atoms with van der Waals surface area (Å²) in [5.41, 5.74) is 0.766. The highest BCUT2D eigenvalue weighted by Gasteiger charge is 2.18. The Morgan fingerprint density at radius 2 is 1.94 bits per heavy atom. The fourth-order valence-corrected chi connectivity index (χ4v) is 2.26. The highest BCUT2D eigenvalue weighted by atomic mass is 35.5. The molecule has 0 radical (unpaired) electrons. The Labute approximate surface area is 110 Å². The molecular formula is C10H13ClN2O4S. The molecule has 0 saturated heterocycles. The number of rotatable bonds is 6. The number of halogens is 1. The van der Waals surface area contributed by atoms with Crippen LogP contribution in [0.4, 0.5) is 0 Å². The number of carbonyl (C=O) groups is 1. The van der Waals surface area contributed by atoms with Gasteiger partial charge in [-0.3, -0.25) is 4.79 Å². The minimum absolute atomic E-state index is 0.222. The molecule has 0 heterocycles. The molecule has 0 bridgehead atoms. The van der Waals surface area contributed by atoms with Gasteiger partial charge in [-0.15, -0.1) is 0 Å². The van der Waals surface area contributed by atoms with Crippen LogP contribution >= 0.6 is 11.6 Å². The van der Waals surface area contributed by atoms with E-state index in [0.717, 1.165) is 5.56 Å². The third-order valence-electron chi connectivity index (χ3n) is 2.15. The summed E-state index contributed by atoms with van der Waals surface area (Å²) < 4.78 is 23.9. The van der Waals surface area contributed by atoms with E-state index in [9.17, 15) is 13.2 Å². The first kappa shape index (κ1) is 14.9. The van der Waals surface area contributed by atoms with Crippen LogP contribution in [0.25, 0.3) is 0 Å². The number of nitrogens with two attached hydrogens (primary N) is 1. The van der Waals surface area contributed by atoms with Crippen LogP contribution < -0.4 is 9.86 Å². The number of hydrogen-bond donors (Lipinski definition) is 3. The minimum atomic E-state index is -3.94. The molecule has 0 spiro atoms. The lowest BCUT2D eigenvalue weighted by Crippen LogP contribution is -2.41. The molecule has 0 fully saturated rings. The lowest BCUT2D eigenvalue weighted by Gasteiger charge is -2.15. The van der Waals surface area contributed by atoms with Gasteiger partial charge in [-0.2, -0.15) is 13.1 Å². The standard InChI is InChI=1S/C10H13ClN2O4S/c11-8-3-1-7(2-4-8)5-9(6-10(14)15)13-18(12,16)17/h1-4,9,13H,5-6H2,(H,14,15)(H2,12,16,17). The maximum atomic E-state index is 10.9. The Balaban J connectivity index is 2.77. The van der Waals surface area contributed by atoms with Gasteiger partial charge in [0.1, 0.15) is 0 Å². The zero-order chi connectivity index (χ0) is 13.8. The number of carboxylic acids is 1. The van der Waals surface area contributed by atoms with E-state index in [2.05, 4.69) is 4.72 Å². The van der Waals surface area contributed by atoms with Crippen molar-refractivity contribution >= 4 is 27.8 Å². The Kier molecular flexibility index (Phi) is 5.09. The Morgan fingerprint density at radius 3 is 2.39 bits per heavy atom. The minimum Gasteiger partial charge on any atom is -0.481 e. The average Bonchev–Trinajstić information content (AvgIpc) is 2.18. The van der Waals surface area contributed by atoms with Gasteiger partial charge in [0.05, 0.1) is 6.42 Å². The molecule has 1 aromatic rings. The zero-order valence-corrected chi connectivity index (χ0v) is 10.9. The number of carboxylic acid groups (broad SMARTS) is 1. The quantitative estimate of drug-likeness (QED) is 0.710. The fourth-order valence-electron chi connectivity index (χ4n) is 1.50. The molecule has 8 heteroatoms. The maximum Gasteiger partial charge on any atom is 0.304 e. The fraction of sp³-hybridized carbons (Fsp3) is 0.300. The van der Waals surface area contributed by atoms with Crippen molar-refractivity contribution in [3.63, 3.8) is 0 Å². The van der Waals surface area contributed by atoms with Crippen LogP contribution in [0.15, 0.2) is 24.3 Å². The first-order valence-corrected chi connectivity index (χ1v) is 6.95. The second kappa shape index (κ2) is 6.14. The molecule has 1 unspecified atom stereocenters. The van der Waals surface area contributed by atoms with Gasteiger partial charge in [0.15, 0.2) is 0 Å². The van der Waals surface area contributed by atoms with Crippen LogP contribution in [-0.4, -0.2) is 25.5 Å². The summed E-state index contributed by atoms with van der Waals surface area (Å²) in [5, 5.41) is 14.1. The number of hydrogen-bond acceptors (Lipinski definition) is 3. The normalized spacial score (nSPS) is 13.2. The van der Waals surface area contributed by atoms with E-state index in [1.807, 2.05) is 0 Å². The second-order valence-corrected chi connectivity index (χ2v) is 5.55. The van der Waals surface area contributed by atoms with E-state index in [0.29, 0.717) is 5.02 Å². The lowest BCUT2D eigenvalue weighted by atomic mass is 10.0. The van der Waals surface area contributed by atoms with E-state index in [1.54, 1.807) is 24.3 Å². The van der Waals surface area contributed by atoms with E-state index in [-0.39, 0.29) is 12.8 Å². The van der Waals surface area contributed by atoms with Crippen molar-refractivity contribution in [3.05, 3.63) is 34.9 Å². The van der Waals surface area contributed by atoms with Crippen LogP contribution in [0.3, 0.4) is 0 Å². The van der Waals surface area contributed by atoms with Gasteiger partial charge in [-0.1, -0.05) is 23.7 Å². The summed E-state index contributed by atoms with van der Waals surface area (Å²) in [4.78, 5) is 10.6. The highest BCUT2D eigenvalue weighted by Crippen LogP contribution is 2.12. The van der Waals surface area contributed by atoms with E-state index < -0.39 is 22.2 Å². The van der Waals surface area contributed by atoms with Gasteiger partial charge in [-0.05, 0) is 24.1 Å². The van der Waals surface area contributed by atoms with E-state index in [4.69, 9.17) is 21.8 Å². The summed E-state index contributed by atoms with van der Waals surface area (Å²) in [7, 11) is -3.94. The van der Waals surface area contributed by atoms with Crippen LogP contribution in [0.5, 0.6) is 0 Å². The molecule has 1 atom stereocenters. The monoisotopic (exact) mass is 292 g/mol. The number of nitrogens with one attached hydrogen (secondary N) is 1. The van der Waals surface area contributed by atoms with Crippen molar-refractivity contribution in [3.8, 4) is 0 Å². The molecule has 1 rings (SSSR count). The van der Waals surface area contributed by atoms with Crippen molar-refractivity contribution in [2.45, 2.75) is 18.9 Å². The summed E-state index contributed by atoms with van der Waals surface area (Å²) in [6, 6.07) is 5.89. The number of aliphatic carboxylic acids is 1. The molecule has 0 aliphatic rings. The molecule has 18 heavy (non-hydrogen) atoms. The van der Waals surface area contributed by atoms with Crippen molar-refractivity contribution in [1.29, 1.82) is 0 Å². The smallest absolute Gasteiger partial charge is 0.304 e. The molecule has 4 N–H and O–H groups in total. The molecule has 0 amide bonds. The topological polar surface area (TPSA) is 109 Å². The molecule has 0 aliphatic heterocycles. The van der Waals surface area contributed by atoms with Crippen molar-refractivity contribution in [2.24, 2.45) is 5.14 Å². The van der Waals surface area contributed by atoms with Crippen LogP contribution in [-0.2, 0) is 21.4 Å². The van der Waals surface area contributed by atoms with Crippen LogP contribution in [0, 0.1) is 0 Å². The van der Waals surface area contributed by atoms with Gasteiger partial charge < -0.3 is 5.11 Å². The first-order valence-electron chi connectivity index (χ1n) is 5.02. The van der Waals surface area contributed by atoms with E-state index >= 15 is 0 Å². The van der Waals surface area contributed by atoms with Crippen molar-refractivity contribution in [2.75, 3.05) is 0 Å². The SMILES string of the molecule is NS(=O)(=O)NC(CC(=O)O)Cc1ccc(Cl)cc1. The largest absolute Gasteiger partial charge is 0.481 e. The van der Waals surface area contributed by atoms with Crippen LogP contribution in [0.2, 0.25) is 5.02 Å². The highest BCUT2D eigenvalue weighted by molar-refractivity contribution is 7.87. The Hall–Kier alpha value is -1.15. The van der Waals surface area contributed by atoms with Gasteiger partial charge >= 0.3 is 5.97 Å². The third kappa shape index (κ3) is 5.97. The average molecular weight is 293 g/mol. The van der Waals surface area contributed by atoms with Gasteiger partial charge in [0, 0.05) is 11.1 Å². The predicted octanol–water partition coefficient (Wildman–Crippen LogP) is 0.519. The number of benzene rings is 1. The third-order valence-corrected chi connectivity index (χ3v) is 3.06. The molecular weight excluding hydrogens is 280 g/mol. The Bertz CT molecular complexity index is 515. The van der Waals surface area contributed by atoms with Gasteiger partial charge in [-0.25, -0.2) is 5.14 Å². The first-order chi connectivity index (χ1) is 8.26. The van der Waals surface area contributed by atoms with Crippen molar-refractivity contribution < 1.29 is 18.3 Å². The zero-order valence-electron chi connectivity index (χ0n) is 9.34. The summed E-state index contributed by atoms with van der Waals surface area (Å²) in [6.07, 6.45) is -0.126. The second-order valence-electron chi connectivity index (χ2n) is 3.79. The molecule has 0 aromatic heterocycles. The van der Waals surface area contributed by atoms with Gasteiger partial charge in [0.2, 0.25) is 0 Å². The molecule has 1 aromatic carbocycles. The van der Waals surface area contributed by atoms with Crippen LogP contribution in [0.1, 0.15) is 12.0 Å². The van der Waals surface area contributed by atoms with E-state index in [1.165, 1.54) is 0 Å². The Morgan fingerprint density at radius 1 is 1.39 bits per heavy atom. The maximum absolute atomic E-state index is 10.9. The lowest BCUT2D eigenvalue weighted by molar-refractivity contribution is -0.137.